The smallest absolute Gasteiger partial charge is 0.227 e. The van der Waals surface area contributed by atoms with Crippen molar-refractivity contribution in [3.63, 3.8) is 0 Å². The predicted octanol–water partition coefficient (Wildman–Crippen LogP) is 1.31. The third-order valence-corrected chi connectivity index (χ3v) is 6.47. The fourth-order valence-electron chi connectivity index (χ4n) is 4.77. The number of rotatable bonds is 4. The molecule has 2 aliphatic carbocycles. The third kappa shape index (κ3) is 3.44. The summed E-state index contributed by atoms with van der Waals surface area (Å²) in [6, 6.07) is 0. The van der Waals surface area contributed by atoms with Gasteiger partial charge in [0.05, 0.1) is 18.2 Å². The monoisotopic (exact) mass is 412 g/mol. The molecule has 1 saturated heterocycles. The maximum Gasteiger partial charge on any atom is 0.227 e. The molecule has 160 valence electrons. The molecule has 0 aromatic heterocycles. The van der Waals surface area contributed by atoms with Crippen LogP contribution in [0.5, 0.6) is 0 Å². The second kappa shape index (κ2) is 7.74. The lowest BCUT2D eigenvalue weighted by Gasteiger charge is -2.28. The number of amides is 2. The first-order chi connectivity index (χ1) is 14.6. The number of ether oxygens (including phenoxy) is 2. The van der Waals surface area contributed by atoms with E-state index in [1.165, 1.54) is 5.70 Å². The Balaban J connectivity index is 1.17. The van der Waals surface area contributed by atoms with Gasteiger partial charge in [-0.2, -0.15) is 0 Å². The summed E-state index contributed by atoms with van der Waals surface area (Å²) in [7, 11) is 2.06. The minimum Gasteiger partial charge on any atom is -0.491 e. The fraction of sp³-hybridized carbons (Fsp3) is 0.545. The zero-order valence-electron chi connectivity index (χ0n) is 17.3. The zero-order valence-corrected chi connectivity index (χ0v) is 17.3. The Bertz CT molecular complexity index is 888. The van der Waals surface area contributed by atoms with E-state index in [0.717, 1.165) is 48.6 Å². The van der Waals surface area contributed by atoms with Crippen LogP contribution in [0.25, 0.3) is 0 Å². The second-order valence-electron chi connectivity index (χ2n) is 8.34. The molecule has 3 aliphatic heterocycles. The molecule has 2 N–H and O–H groups in total. The van der Waals surface area contributed by atoms with Crippen LogP contribution >= 0.6 is 0 Å². The molecule has 0 aromatic rings. The molecule has 0 bridgehead atoms. The highest BCUT2D eigenvalue weighted by molar-refractivity contribution is 5.90. The normalized spacial score (nSPS) is 27.9. The summed E-state index contributed by atoms with van der Waals surface area (Å²) in [5.41, 5.74) is 3.36. The Kier molecular flexibility index (Phi) is 4.92. The number of hydrogen-bond donors (Lipinski definition) is 2. The number of likely N-dealkylation sites (N-methyl/N-ethyl adjacent to an activating group) is 1. The van der Waals surface area contributed by atoms with E-state index >= 15 is 0 Å². The molecular weight excluding hydrogens is 384 g/mol. The van der Waals surface area contributed by atoms with Crippen LogP contribution in [-0.2, 0) is 19.1 Å². The van der Waals surface area contributed by atoms with Crippen molar-refractivity contribution in [2.75, 3.05) is 33.4 Å². The molecule has 1 fully saturated rings. The number of hydrogen-bond acceptors (Lipinski definition) is 6. The van der Waals surface area contributed by atoms with Gasteiger partial charge in [-0.1, -0.05) is 6.08 Å². The standard InChI is InChI=1S/C22H28N4O4/c1-25-17-5-3-2-4-16(17)24-20(25)12-23-22(28)14-10-21(27)26(13-14)15-6-7-18-19(11-15)30-9-8-29-18/h2,4,11,14,20,24H,3,5-10,12-13H2,1H3,(H,23,28). The van der Waals surface area contributed by atoms with Gasteiger partial charge in [0.25, 0.3) is 0 Å². The molecule has 5 aliphatic rings. The summed E-state index contributed by atoms with van der Waals surface area (Å²) in [4.78, 5) is 29.4. The minimum atomic E-state index is -0.327. The van der Waals surface area contributed by atoms with E-state index < -0.39 is 0 Å². The van der Waals surface area contributed by atoms with Crippen molar-refractivity contribution in [3.05, 3.63) is 46.8 Å². The Morgan fingerprint density at radius 2 is 2.13 bits per heavy atom. The maximum absolute atomic E-state index is 12.8. The molecule has 5 rings (SSSR count). The van der Waals surface area contributed by atoms with E-state index in [1.54, 1.807) is 4.90 Å². The molecule has 0 radical (unpaired) electrons. The van der Waals surface area contributed by atoms with Gasteiger partial charge in [-0.3, -0.25) is 9.59 Å². The first kappa shape index (κ1) is 19.1. The summed E-state index contributed by atoms with van der Waals surface area (Å²) in [5, 5.41) is 6.52. The average molecular weight is 412 g/mol. The van der Waals surface area contributed by atoms with Crippen molar-refractivity contribution in [1.82, 2.24) is 20.4 Å². The van der Waals surface area contributed by atoms with Gasteiger partial charge in [-0.25, -0.2) is 0 Å². The van der Waals surface area contributed by atoms with Crippen LogP contribution in [0.3, 0.4) is 0 Å². The molecule has 0 saturated carbocycles. The highest BCUT2D eigenvalue weighted by Gasteiger charge is 2.38. The van der Waals surface area contributed by atoms with E-state index in [1.807, 2.05) is 6.08 Å². The summed E-state index contributed by atoms with van der Waals surface area (Å²) in [6.07, 6.45) is 10.0. The lowest BCUT2D eigenvalue weighted by atomic mass is 10.1. The molecule has 2 amide bonds. The summed E-state index contributed by atoms with van der Waals surface area (Å²) in [5.74, 6) is 1.21. The number of nitrogens with zero attached hydrogens (tertiary/aromatic N) is 2. The van der Waals surface area contributed by atoms with E-state index in [4.69, 9.17) is 9.47 Å². The summed E-state index contributed by atoms with van der Waals surface area (Å²) >= 11 is 0. The van der Waals surface area contributed by atoms with E-state index in [0.29, 0.717) is 26.3 Å². The molecule has 2 atom stereocenters. The Morgan fingerprint density at radius 3 is 3.00 bits per heavy atom. The largest absolute Gasteiger partial charge is 0.491 e. The summed E-state index contributed by atoms with van der Waals surface area (Å²) in [6.45, 7) is 2.03. The van der Waals surface area contributed by atoms with Crippen LogP contribution < -0.4 is 10.6 Å². The van der Waals surface area contributed by atoms with Crippen molar-refractivity contribution in [1.29, 1.82) is 0 Å². The van der Waals surface area contributed by atoms with E-state index in [-0.39, 0.29) is 30.3 Å². The van der Waals surface area contributed by atoms with Crippen molar-refractivity contribution in [2.24, 2.45) is 5.92 Å². The Labute approximate surface area is 176 Å². The number of carbonyl (C=O) groups is 2. The lowest BCUT2D eigenvalue weighted by Crippen LogP contribution is -2.46. The van der Waals surface area contributed by atoms with E-state index in [9.17, 15) is 9.59 Å². The average Bonchev–Trinajstić information content (AvgIpc) is 3.32. The molecule has 8 nitrogen and oxygen atoms in total. The predicted molar refractivity (Wildman–Crippen MR) is 109 cm³/mol. The SMILES string of the molecule is CN1C2=C(C=CCC2)NC1CNC(=O)C1CC(=O)N(C2=CC3=C(CC2)OCCO3)C1. The van der Waals surface area contributed by atoms with Crippen molar-refractivity contribution in [3.8, 4) is 0 Å². The highest BCUT2D eigenvalue weighted by Crippen LogP contribution is 2.33. The van der Waals surface area contributed by atoms with Gasteiger partial charge in [0, 0.05) is 43.9 Å². The van der Waals surface area contributed by atoms with Gasteiger partial charge in [0.15, 0.2) is 5.76 Å². The molecule has 3 heterocycles. The number of likely N-dealkylation sites (tertiary alicyclic amines) is 1. The van der Waals surface area contributed by atoms with Crippen LogP contribution in [0.1, 0.15) is 32.1 Å². The third-order valence-electron chi connectivity index (χ3n) is 6.47. The molecular formula is C22H28N4O4. The van der Waals surface area contributed by atoms with Crippen LogP contribution in [0.15, 0.2) is 46.8 Å². The van der Waals surface area contributed by atoms with Crippen molar-refractivity contribution < 1.29 is 19.1 Å². The Hall–Kier alpha value is -2.90. The van der Waals surface area contributed by atoms with Crippen LogP contribution in [-0.4, -0.2) is 61.1 Å². The van der Waals surface area contributed by atoms with Gasteiger partial charge in [0.1, 0.15) is 25.1 Å². The van der Waals surface area contributed by atoms with Crippen molar-refractivity contribution >= 4 is 11.8 Å². The molecule has 2 unspecified atom stereocenters. The Morgan fingerprint density at radius 1 is 1.27 bits per heavy atom. The van der Waals surface area contributed by atoms with Crippen molar-refractivity contribution in [2.45, 2.75) is 38.3 Å². The van der Waals surface area contributed by atoms with Gasteiger partial charge >= 0.3 is 0 Å². The van der Waals surface area contributed by atoms with Crippen LogP contribution in [0.2, 0.25) is 0 Å². The van der Waals surface area contributed by atoms with E-state index in [2.05, 4.69) is 34.7 Å². The number of carbonyl (C=O) groups excluding carboxylic acids is 2. The van der Waals surface area contributed by atoms with Gasteiger partial charge in [-0.05, 0) is 25.3 Å². The van der Waals surface area contributed by atoms with Crippen LogP contribution in [0.4, 0.5) is 0 Å². The molecule has 30 heavy (non-hydrogen) atoms. The number of nitrogens with one attached hydrogen (secondary N) is 2. The highest BCUT2D eigenvalue weighted by atomic mass is 16.6. The molecule has 0 aromatic carbocycles. The minimum absolute atomic E-state index is 0.000514. The first-order valence-electron chi connectivity index (χ1n) is 10.8. The first-order valence-corrected chi connectivity index (χ1v) is 10.8. The second-order valence-corrected chi connectivity index (χ2v) is 8.34. The number of allylic oxidation sites excluding steroid dienone is 6. The quantitative estimate of drug-likeness (QED) is 0.725. The van der Waals surface area contributed by atoms with Gasteiger partial charge in [-0.15, -0.1) is 0 Å². The fourth-order valence-corrected chi connectivity index (χ4v) is 4.77. The summed E-state index contributed by atoms with van der Waals surface area (Å²) < 4.78 is 11.3. The van der Waals surface area contributed by atoms with Gasteiger partial charge < -0.3 is 29.9 Å². The van der Waals surface area contributed by atoms with Crippen LogP contribution in [0, 0.1) is 5.92 Å². The van der Waals surface area contributed by atoms with Gasteiger partial charge in [0.2, 0.25) is 11.8 Å². The maximum atomic E-state index is 12.8. The molecule has 8 heteroatoms. The lowest BCUT2D eigenvalue weighted by molar-refractivity contribution is -0.128. The molecule has 0 spiro atoms. The zero-order chi connectivity index (χ0) is 20.7. The topological polar surface area (TPSA) is 83.1 Å².